The minimum atomic E-state index is -4.51. The Balaban J connectivity index is 1.88. The summed E-state index contributed by atoms with van der Waals surface area (Å²) in [6.07, 6.45) is -2.24. The third-order valence-corrected chi connectivity index (χ3v) is 5.87. The van der Waals surface area contributed by atoms with Crippen molar-refractivity contribution in [3.8, 4) is 11.4 Å². The minimum absolute atomic E-state index is 0.0560. The van der Waals surface area contributed by atoms with E-state index in [1.165, 1.54) is 12.3 Å². The maximum absolute atomic E-state index is 13.7. The molecule has 4 aromatic rings. The molecule has 0 saturated carbocycles. The van der Waals surface area contributed by atoms with Gasteiger partial charge < -0.3 is 5.32 Å². The van der Waals surface area contributed by atoms with Crippen molar-refractivity contribution in [2.45, 2.75) is 39.9 Å². The lowest BCUT2D eigenvalue weighted by molar-refractivity contribution is -0.136. The number of fused-ring (bicyclic) bond motifs is 1. The highest BCUT2D eigenvalue weighted by molar-refractivity contribution is 7.71. The summed E-state index contributed by atoms with van der Waals surface area (Å²) < 4.78 is 43.3. The number of pyridine rings is 1. The summed E-state index contributed by atoms with van der Waals surface area (Å²) in [4.78, 5) is 4.24. The lowest BCUT2D eigenvalue weighted by Crippen LogP contribution is -2.14. The Labute approximate surface area is 201 Å². The zero-order valence-corrected chi connectivity index (χ0v) is 20.0. The summed E-state index contributed by atoms with van der Waals surface area (Å²) in [6, 6.07) is 13.9. The molecule has 34 heavy (non-hydrogen) atoms. The van der Waals surface area contributed by atoms with Crippen LogP contribution in [0, 0.1) is 10.2 Å². The van der Waals surface area contributed by atoms with Gasteiger partial charge in [-0.15, -0.1) is 0 Å². The van der Waals surface area contributed by atoms with Crippen LogP contribution < -0.4 is 5.32 Å². The van der Waals surface area contributed by atoms with Crippen LogP contribution >= 0.6 is 12.2 Å². The third-order valence-electron chi connectivity index (χ3n) is 5.56. The second-order valence-electron chi connectivity index (χ2n) is 9.41. The molecule has 4 rings (SSSR count). The summed E-state index contributed by atoms with van der Waals surface area (Å²) in [7, 11) is 0. The predicted octanol–water partition coefficient (Wildman–Crippen LogP) is 7.07. The number of nitrogens with zero attached hydrogens (tertiary/aromatic N) is 3. The molecular weight excluding hydrogens is 459 g/mol. The first-order chi connectivity index (χ1) is 16.0. The van der Waals surface area contributed by atoms with Crippen LogP contribution in [-0.2, 0) is 12.7 Å². The number of benzene rings is 2. The molecule has 9 heteroatoms. The lowest BCUT2D eigenvalue weighted by Gasteiger charge is -2.21. The van der Waals surface area contributed by atoms with E-state index in [1.807, 2.05) is 34.9 Å². The fourth-order valence-corrected chi connectivity index (χ4v) is 4.01. The number of hydrogen-bond acceptors (Lipinski definition) is 4. The van der Waals surface area contributed by atoms with E-state index in [9.17, 15) is 13.2 Å². The van der Waals surface area contributed by atoms with Crippen molar-refractivity contribution in [1.82, 2.24) is 19.7 Å². The number of H-pyrrole nitrogens is 1. The summed E-state index contributed by atoms with van der Waals surface area (Å²) in [5, 5.41) is 11.0. The van der Waals surface area contributed by atoms with Crippen LogP contribution in [0.1, 0.15) is 38.3 Å². The summed E-state index contributed by atoms with van der Waals surface area (Å²) in [5.41, 5.74) is 1.36. The van der Waals surface area contributed by atoms with E-state index in [0.717, 1.165) is 18.1 Å². The van der Waals surface area contributed by atoms with Crippen LogP contribution in [-0.4, -0.2) is 26.3 Å². The third kappa shape index (κ3) is 5.14. The Morgan fingerprint density at radius 1 is 1.03 bits per heavy atom. The molecule has 178 valence electrons. The van der Waals surface area contributed by atoms with Gasteiger partial charge in [0.2, 0.25) is 0 Å². The van der Waals surface area contributed by atoms with E-state index < -0.39 is 11.7 Å². The quantitative estimate of drug-likeness (QED) is 0.287. The topological polar surface area (TPSA) is 58.5 Å². The van der Waals surface area contributed by atoms with Crippen LogP contribution in [0.2, 0.25) is 0 Å². The van der Waals surface area contributed by atoms with Crippen LogP contribution in [0.5, 0.6) is 0 Å². The van der Waals surface area contributed by atoms with Gasteiger partial charge in [-0.1, -0.05) is 63.2 Å². The second kappa shape index (κ2) is 9.21. The number of aromatic nitrogens is 4. The molecule has 2 aromatic heterocycles. The Hall–Kier alpha value is -3.20. The molecular formula is C25H26F3N5S. The number of alkyl halides is 3. The molecule has 0 aliphatic carbocycles. The first kappa shape index (κ1) is 23.9. The first-order valence-electron chi connectivity index (χ1n) is 11.0. The summed E-state index contributed by atoms with van der Waals surface area (Å²) >= 11 is 5.47. The van der Waals surface area contributed by atoms with Gasteiger partial charge in [-0.25, -0.2) is 0 Å². The number of anilines is 1. The molecule has 0 fully saturated rings. The molecule has 0 aliphatic heterocycles. The maximum Gasteiger partial charge on any atom is 0.418 e. The molecule has 0 bridgehead atoms. The van der Waals surface area contributed by atoms with Gasteiger partial charge in [0.15, 0.2) is 10.6 Å². The molecule has 0 amide bonds. The lowest BCUT2D eigenvalue weighted by atomic mass is 9.92. The van der Waals surface area contributed by atoms with Crippen molar-refractivity contribution in [3.05, 3.63) is 70.6 Å². The summed E-state index contributed by atoms with van der Waals surface area (Å²) in [5.74, 6) is 0.513. The molecule has 0 atom stereocenters. The van der Waals surface area contributed by atoms with Crippen molar-refractivity contribution >= 4 is 28.8 Å². The largest absolute Gasteiger partial charge is 0.418 e. The van der Waals surface area contributed by atoms with Crippen LogP contribution in [0.15, 0.2) is 54.7 Å². The molecule has 2 aromatic carbocycles. The molecule has 0 aliphatic rings. The zero-order chi connectivity index (χ0) is 24.5. The number of halogens is 3. The van der Waals surface area contributed by atoms with Gasteiger partial charge in [0, 0.05) is 18.1 Å². The fourth-order valence-electron chi connectivity index (χ4n) is 3.81. The average molecular weight is 486 g/mol. The molecule has 2 heterocycles. The van der Waals surface area contributed by atoms with E-state index in [0.29, 0.717) is 40.3 Å². The Morgan fingerprint density at radius 3 is 2.44 bits per heavy atom. The van der Waals surface area contributed by atoms with Crippen LogP contribution in [0.25, 0.3) is 22.3 Å². The monoisotopic (exact) mass is 485 g/mol. The van der Waals surface area contributed by atoms with E-state index in [1.54, 1.807) is 6.07 Å². The van der Waals surface area contributed by atoms with Gasteiger partial charge in [0.05, 0.1) is 28.9 Å². The SMILES string of the molecule is CC(C)(C)CCNc1c(-c2n[nH]c(=S)n2Cc2ccccc2)cnc2c(C(F)(F)F)cccc12. The van der Waals surface area contributed by atoms with Crippen LogP contribution in [0.4, 0.5) is 18.9 Å². The highest BCUT2D eigenvalue weighted by Crippen LogP contribution is 2.39. The Morgan fingerprint density at radius 2 is 1.76 bits per heavy atom. The molecule has 0 saturated heterocycles. The van der Waals surface area contributed by atoms with Crippen molar-refractivity contribution in [1.29, 1.82) is 0 Å². The second-order valence-corrected chi connectivity index (χ2v) is 9.79. The van der Waals surface area contributed by atoms with Gasteiger partial charge in [0.25, 0.3) is 0 Å². The van der Waals surface area contributed by atoms with Gasteiger partial charge in [-0.3, -0.25) is 14.6 Å². The predicted molar refractivity (Wildman–Crippen MR) is 131 cm³/mol. The number of para-hydroxylation sites is 1. The van der Waals surface area contributed by atoms with Gasteiger partial charge in [-0.2, -0.15) is 18.3 Å². The molecule has 0 unspecified atom stereocenters. The fraction of sp³-hybridized carbons (Fsp3) is 0.320. The average Bonchev–Trinajstić information content (AvgIpc) is 3.12. The van der Waals surface area contributed by atoms with Gasteiger partial charge in [0.1, 0.15) is 0 Å². The molecule has 0 spiro atoms. The number of aromatic amines is 1. The first-order valence-corrected chi connectivity index (χ1v) is 11.4. The summed E-state index contributed by atoms with van der Waals surface area (Å²) in [6.45, 7) is 7.40. The van der Waals surface area contributed by atoms with Gasteiger partial charge >= 0.3 is 6.18 Å². The number of rotatable bonds is 6. The molecule has 2 N–H and O–H groups in total. The van der Waals surface area contributed by atoms with Crippen LogP contribution in [0.3, 0.4) is 0 Å². The smallest absolute Gasteiger partial charge is 0.384 e. The Bertz CT molecular complexity index is 1350. The number of nitrogens with one attached hydrogen (secondary N) is 2. The van der Waals surface area contributed by atoms with Crippen molar-refractivity contribution < 1.29 is 13.2 Å². The maximum atomic E-state index is 13.7. The molecule has 0 radical (unpaired) electrons. The number of hydrogen-bond donors (Lipinski definition) is 2. The van der Waals surface area contributed by atoms with E-state index in [4.69, 9.17) is 12.2 Å². The zero-order valence-electron chi connectivity index (χ0n) is 19.2. The Kier molecular flexibility index (Phi) is 6.49. The van der Waals surface area contributed by atoms with Crippen molar-refractivity contribution in [2.24, 2.45) is 5.41 Å². The van der Waals surface area contributed by atoms with E-state index in [2.05, 4.69) is 41.3 Å². The molecule has 5 nitrogen and oxygen atoms in total. The minimum Gasteiger partial charge on any atom is -0.384 e. The highest BCUT2D eigenvalue weighted by Gasteiger charge is 2.34. The van der Waals surface area contributed by atoms with Crippen molar-refractivity contribution in [3.63, 3.8) is 0 Å². The van der Waals surface area contributed by atoms with E-state index >= 15 is 0 Å². The van der Waals surface area contributed by atoms with Gasteiger partial charge in [-0.05, 0) is 35.7 Å². The van der Waals surface area contributed by atoms with E-state index in [-0.39, 0.29) is 10.9 Å². The normalized spacial score (nSPS) is 12.3. The highest BCUT2D eigenvalue weighted by atomic mass is 32.1. The van der Waals surface area contributed by atoms with Crippen molar-refractivity contribution in [2.75, 3.05) is 11.9 Å². The standard InChI is InChI=1S/C25H26F3N5S/c1-24(2,3)12-13-29-20-17-10-7-11-19(25(26,27)28)21(17)30-14-18(20)22-31-32-23(34)33(22)15-16-8-5-4-6-9-16/h4-11,14H,12-13,15H2,1-3H3,(H,29,30)(H,32,34).